The number of rotatable bonds is 1. The van der Waals surface area contributed by atoms with Gasteiger partial charge in [-0.1, -0.05) is 12.2 Å². The molecule has 0 fully saturated rings. The van der Waals surface area contributed by atoms with E-state index in [9.17, 15) is 0 Å². The summed E-state index contributed by atoms with van der Waals surface area (Å²) >= 11 is 1.38. The molecule has 2 N–H and O–H groups in total. The molecule has 0 aliphatic carbocycles. The Kier molecular flexibility index (Phi) is 1.85. The molecule has 0 spiro atoms. The van der Waals surface area contributed by atoms with Crippen LogP contribution in [0.15, 0.2) is 11.5 Å². The summed E-state index contributed by atoms with van der Waals surface area (Å²) < 4.78 is 3.90. The van der Waals surface area contributed by atoms with Crippen LogP contribution < -0.4 is 5.73 Å². The minimum absolute atomic E-state index is 0.623. The van der Waals surface area contributed by atoms with Crippen LogP contribution >= 0.6 is 11.5 Å². The van der Waals surface area contributed by atoms with E-state index in [4.69, 9.17) is 5.73 Å². The topological polar surface area (TPSA) is 38.9 Å². The lowest BCUT2D eigenvalue weighted by atomic mass is 10.3. The standard InChI is InChI=1S/C6H8N2S/c1-2-3-5-4-9-8-6(5)7/h2-4H,1H3,(H2,7,8)/b3-2-. The van der Waals surface area contributed by atoms with Crippen LogP contribution in [-0.2, 0) is 0 Å². The zero-order valence-corrected chi connectivity index (χ0v) is 5.98. The van der Waals surface area contributed by atoms with Crippen LogP contribution in [0.5, 0.6) is 0 Å². The van der Waals surface area contributed by atoms with Crippen molar-refractivity contribution < 1.29 is 0 Å². The number of hydrogen-bond acceptors (Lipinski definition) is 3. The molecule has 3 heteroatoms. The molecule has 1 aromatic heterocycles. The van der Waals surface area contributed by atoms with E-state index < -0.39 is 0 Å². The minimum atomic E-state index is 0.623. The Balaban J connectivity index is 2.94. The van der Waals surface area contributed by atoms with Gasteiger partial charge in [0.1, 0.15) is 5.82 Å². The fraction of sp³-hybridized carbons (Fsp3) is 0.167. The lowest BCUT2D eigenvalue weighted by Crippen LogP contribution is -1.84. The van der Waals surface area contributed by atoms with Crippen LogP contribution in [0.1, 0.15) is 12.5 Å². The first-order valence-corrected chi connectivity index (χ1v) is 3.51. The van der Waals surface area contributed by atoms with E-state index in [0.29, 0.717) is 5.82 Å². The highest BCUT2D eigenvalue weighted by molar-refractivity contribution is 7.04. The predicted octanol–water partition coefficient (Wildman–Crippen LogP) is 1.76. The summed E-state index contributed by atoms with van der Waals surface area (Å²) in [5, 5.41) is 1.93. The van der Waals surface area contributed by atoms with Crippen molar-refractivity contribution in [1.29, 1.82) is 0 Å². The first-order chi connectivity index (χ1) is 4.34. The van der Waals surface area contributed by atoms with Crippen LogP contribution in [0.3, 0.4) is 0 Å². The molecule has 1 rings (SSSR count). The van der Waals surface area contributed by atoms with Crippen molar-refractivity contribution in [1.82, 2.24) is 4.37 Å². The van der Waals surface area contributed by atoms with Crippen molar-refractivity contribution in [2.75, 3.05) is 5.73 Å². The summed E-state index contributed by atoms with van der Waals surface area (Å²) in [6.45, 7) is 1.96. The van der Waals surface area contributed by atoms with Gasteiger partial charge in [0.15, 0.2) is 0 Å². The highest BCUT2D eigenvalue weighted by Gasteiger charge is 1.93. The molecule has 0 bridgehead atoms. The predicted molar refractivity (Wildman–Crippen MR) is 41.2 cm³/mol. The number of hydrogen-bond donors (Lipinski definition) is 1. The first kappa shape index (κ1) is 6.29. The molecule has 2 nitrogen and oxygen atoms in total. The third-order valence-corrected chi connectivity index (χ3v) is 1.63. The molecule has 0 saturated carbocycles. The Morgan fingerprint density at radius 3 is 3.00 bits per heavy atom. The van der Waals surface area contributed by atoms with Gasteiger partial charge in [0, 0.05) is 10.9 Å². The van der Waals surface area contributed by atoms with Gasteiger partial charge in [0.25, 0.3) is 0 Å². The Hall–Kier alpha value is -0.830. The third-order valence-electron chi connectivity index (χ3n) is 0.973. The van der Waals surface area contributed by atoms with Gasteiger partial charge in [0.2, 0.25) is 0 Å². The normalized spacial score (nSPS) is 10.8. The molecule has 0 saturated heterocycles. The molecular formula is C6H8N2S. The maximum absolute atomic E-state index is 5.47. The fourth-order valence-corrected chi connectivity index (χ4v) is 1.14. The van der Waals surface area contributed by atoms with E-state index in [1.54, 1.807) is 0 Å². The third kappa shape index (κ3) is 1.29. The van der Waals surface area contributed by atoms with Crippen molar-refractivity contribution in [2.24, 2.45) is 0 Å². The zero-order chi connectivity index (χ0) is 6.69. The maximum atomic E-state index is 5.47. The molecule has 0 amide bonds. The second-order valence-electron chi connectivity index (χ2n) is 1.66. The monoisotopic (exact) mass is 140 g/mol. The van der Waals surface area contributed by atoms with Crippen molar-refractivity contribution >= 4 is 23.4 Å². The Labute approximate surface area is 58.2 Å². The van der Waals surface area contributed by atoms with Crippen molar-refractivity contribution in [3.63, 3.8) is 0 Å². The summed E-state index contributed by atoms with van der Waals surface area (Å²) in [5.41, 5.74) is 6.49. The molecule has 9 heavy (non-hydrogen) atoms. The highest BCUT2D eigenvalue weighted by Crippen LogP contribution is 2.13. The van der Waals surface area contributed by atoms with Gasteiger partial charge in [-0.05, 0) is 18.5 Å². The number of anilines is 1. The van der Waals surface area contributed by atoms with Crippen molar-refractivity contribution in [3.05, 3.63) is 17.0 Å². The summed E-state index contributed by atoms with van der Waals surface area (Å²) in [6, 6.07) is 0. The number of nitrogens with zero attached hydrogens (tertiary/aromatic N) is 1. The Morgan fingerprint density at radius 2 is 2.56 bits per heavy atom. The summed E-state index contributed by atoms with van der Waals surface area (Å²) in [7, 11) is 0. The number of nitrogens with two attached hydrogens (primary N) is 1. The molecule has 0 unspecified atom stereocenters. The van der Waals surface area contributed by atoms with E-state index in [0.717, 1.165) is 5.56 Å². The fourth-order valence-electron chi connectivity index (χ4n) is 0.557. The van der Waals surface area contributed by atoms with Gasteiger partial charge in [-0.25, -0.2) is 0 Å². The Bertz CT molecular complexity index is 215. The molecule has 1 aromatic rings. The SMILES string of the molecule is C/C=C\c1csnc1N. The van der Waals surface area contributed by atoms with Gasteiger partial charge < -0.3 is 5.73 Å². The van der Waals surface area contributed by atoms with Crippen LogP contribution in [0, 0.1) is 0 Å². The molecule has 0 aliphatic heterocycles. The zero-order valence-electron chi connectivity index (χ0n) is 5.16. The van der Waals surface area contributed by atoms with Gasteiger partial charge in [0.05, 0.1) is 0 Å². The second-order valence-corrected chi connectivity index (χ2v) is 2.28. The van der Waals surface area contributed by atoms with Gasteiger partial charge in [-0.2, -0.15) is 4.37 Å². The molecule has 0 radical (unpaired) electrons. The molecule has 1 heterocycles. The average molecular weight is 140 g/mol. The quantitative estimate of drug-likeness (QED) is 0.645. The maximum Gasteiger partial charge on any atom is 0.144 e. The molecule has 0 aliphatic rings. The van der Waals surface area contributed by atoms with Crippen molar-refractivity contribution in [3.8, 4) is 0 Å². The molecule has 48 valence electrons. The average Bonchev–Trinajstić information content (AvgIpc) is 2.18. The van der Waals surface area contributed by atoms with Gasteiger partial charge in [-0.15, -0.1) is 0 Å². The van der Waals surface area contributed by atoms with Crippen molar-refractivity contribution in [2.45, 2.75) is 6.92 Å². The number of allylic oxidation sites excluding steroid dienone is 1. The van der Waals surface area contributed by atoms with Crippen LogP contribution in [0.25, 0.3) is 6.08 Å². The smallest absolute Gasteiger partial charge is 0.144 e. The molecular weight excluding hydrogens is 132 g/mol. The van der Waals surface area contributed by atoms with Gasteiger partial charge in [-0.3, -0.25) is 0 Å². The Morgan fingerprint density at radius 1 is 1.78 bits per heavy atom. The lowest BCUT2D eigenvalue weighted by Gasteiger charge is -1.83. The minimum Gasteiger partial charge on any atom is -0.382 e. The number of aromatic nitrogens is 1. The number of nitrogen functional groups attached to an aromatic ring is 1. The van der Waals surface area contributed by atoms with E-state index >= 15 is 0 Å². The van der Waals surface area contributed by atoms with E-state index in [1.807, 2.05) is 24.5 Å². The summed E-state index contributed by atoms with van der Waals surface area (Å²) in [5.74, 6) is 0.623. The van der Waals surface area contributed by atoms with E-state index in [2.05, 4.69) is 4.37 Å². The summed E-state index contributed by atoms with van der Waals surface area (Å²) in [4.78, 5) is 0. The highest BCUT2D eigenvalue weighted by atomic mass is 32.1. The van der Waals surface area contributed by atoms with Crippen LogP contribution in [-0.4, -0.2) is 4.37 Å². The first-order valence-electron chi connectivity index (χ1n) is 2.67. The lowest BCUT2D eigenvalue weighted by molar-refractivity contribution is 1.54. The molecule has 0 aromatic carbocycles. The second kappa shape index (κ2) is 2.64. The van der Waals surface area contributed by atoms with E-state index in [1.165, 1.54) is 11.5 Å². The largest absolute Gasteiger partial charge is 0.382 e. The molecule has 0 atom stereocenters. The van der Waals surface area contributed by atoms with Gasteiger partial charge >= 0.3 is 0 Å². The van der Waals surface area contributed by atoms with E-state index in [-0.39, 0.29) is 0 Å². The summed E-state index contributed by atoms with van der Waals surface area (Å²) in [6.07, 6.45) is 3.89. The van der Waals surface area contributed by atoms with Crippen LogP contribution in [0.4, 0.5) is 5.82 Å². The van der Waals surface area contributed by atoms with Crippen LogP contribution in [0.2, 0.25) is 0 Å².